The monoisotopic (exact) mass is 975 g/mol. The zero-order valence-electron chi connectivity index (χ0n) is 42.0. The van der Waals surface area contributed by atoms with Crippen LogP contribution in [-0.2, 0) is 20.9 Å². The number of ether oxygens (including phenoxy) is 3. The Labute approximate surface area is 420 Å². The molecule has 4 aromatic carbocycles. The molecule has 2 heterocycles. The minimum atomic E-state index is -0.757. The molecule has 71 heavy (non-hydrogen) atoms. The lowest BCUT2D eigenvalue weighted by Crippen LogP contribution is -2.38. The zero-order chi connectivity index (χ0) is 49.6. The summed E-state index contributed by atoms with van der Waals surface area (Å²) in [7, 11) is 0. The van der Waals surface area contributed by atoms with E-state index in [4.69, 9.17) is 14.2 Å². The van der Waals surface area contributed by atoms with Gasteiger partial charge in [0.05, 0.1) is 36.2 Å². The molecule has 2 unspecified atom stereocenters. The van der Waals surface area contributed by atoms with Gasteiger partial charge in [-0.3, -0.25) is 19.3 Å². The number of aldehydes is 1. The Bertz CT molecular complexity index is 2330. The first kappa shape index (κ1) is 52.2. The number of piperidine rings is 2. The van der Waals surface area contributed by atoms with E-state index in [0.29, 0.717) is 66.0 Å². The van der Waals surface area contributed by atoms with Crippen molar-refractivity contribution in [1.29, 1.82) is 0 Å². The number of esters is 1. The van der Waals surface area contributed by atoms with Crippen molar-refractivity contribution in [2.24, 2.45) is 22.7 Å². The number of benzene rings is 4. The molecular weight excluding hydrogens is 899 g/mol. The molecule has 10 rings (SSSR count). The maximum absolute atomic E-state index is 15.4. The summed E-state index contributed by atoms with van der Waals surface area (Å²) in [5.41, 5.74) is 4.55. The minimum Gasteiger partial charge on any atom is -0.490 e. The van der Waals surface area contributed by atoms with Crippen LogP contribution in [0.2, 0.25) is 0 Å². The maximum Gasteiger partial charge on any atom is 0.310 e. The van der Waals surface area contributed by atoms with Gasteiger partial charge in [0.1, 0.15) is 23.1 Å². The molecule has 382 valence electrons. The first-order valence-corrected chi connectivity index (χ1v) is 26.9. The second kappa shape index (κ2) is 25.0. The molecule has 4 aromatic rings. The number of carboxylic acid groups (broad SMARTS) is 1. The number of aliphatic carboxylic acids is 1. The van der Waals surface area contributed by atoms with Crippen molar-refractivity contribution in [2.45, 2.75) is 154 Å². The Morgan fingerprint density at radius 1 is 0.662 bits per heavy atom. The molecule has 9 nitrogen and oxygen atoms in total. The lowest BCUT2D eigenvalue weighted by molar-refractivity contribution is -0.148. The molecule has 0 amide bonds. The smallest absolute Gasteiger partial charge is 0.310 e. The molecule has 11 heteroatoms. The Balaban J connectivity index is 0.000000161. The predicted molar refractivity (Wildman–Crippen MR) is 274 cm³/mol. The van der Waals surface area contributed by atoms with Gasteiger partial charge in [-0.15, -0.1) is 0 Å². The number of hydrogen-bond acceptors (Lipinski definition) is 8. The van der Waals surface area contributed by atoms with Gasteiger partial charge in [0, 0.05) is 36.3 Å². The van der Waals surface area contributed by atoms with Crippen LogP contribution in [0.25, 0.3) is 22.3 Å². The van der Waals surface area contributed by atoms with Gasteiger partial charge in [0.15, 0.2) is 6.29 Å². The highest BCUT2D eigenvalue weighted by molar-refractivity contribution is 5.80. The summed E-state index contributed by atoms with van der Waals surface area (Å²) in [6, 6.07) is 25.7. The normalized spacial score (nSPS) is 22.9. The molecule has 4 aliphatic carbocycles. The van der Waals surface area contributed by atoms with Crippen molar-refractivity contribution in [2.75, 3.05) is 32.8 Å². The molecule has 6 aliphatic rings. The van der Waals surface area contributed by atoms with Gasteiger partial charge in [-0.05, 0) is 175 Å². The summed E-state index contributed by atoms with van der Waals surface area (Å²) >= 11 is 0. The molecular formula is C60H76F2N2O7. The third-order valence-electron chi connectivity index (χ3n) is 16.7. The molecule has 2 N–H and O–H groups in total. The SMILES string of the molecule is CCOC(=O)C1CCCNC1.O=C(O)C1CCCN(Cc2cccc(-c3ccc(OC4CCC5(CCCC5)CC4)cc3)c2F)C1.O=Cc1cccc(-c2ccc(OC3CCC4(CCCC4)CC3)cc2)c1F. The van der Waals surface area contributed by atoms with E-state index >= 15 is 4.39 Å². The van der Waals surface area contributed by atoms with E-state index in [1.54, 1.807) is 18.2 Å². The molecule has 2 spiro atoms. The standard InChI is InChI=1S/C29H36FNO3.C23H25FO2.C8H15NO2/c30-27-22(19-31-18-4-6-23(20-31)28(32)33)5-3-7-26(27)21-8-10-24(11-9-21)34-25-12-16-29(17-13-25)14-1-2-15-29;24-22-18(16-25)4-3-5-21(22)17-6-8-19(9-7-17)26-20-10-14-23(15-11-20)12-1-2-13-23;1-2-11-8(10)7-4-3-5-9-6-7/h3,5,7-11,23,25H,1-2,4,6,12-20H2,(H,32,33);3-9,16,20H,1-2,10-15H2;7,9H,2-6H2,1H3. The molecule has 0 radical (unpaired) electrons. The van der Waals surface area contributed by atoms with E-state index in [0.717, 1.165) is 87.2 Å². The topological polar surface area (TPSA) is 114 Å². The molecule has 2 saturated heterocycles. The number of carbonyl (C=O) groups excluding carboxylic acids is 2. The van der Waals surface area contributed by atoms with Crippen molar-refractivity contribution >= 4 is 18.2 Å². The van der Waals surface area contributed by atoms with Crippen LogP contribution >= 0.6 is 0 Å². The number of hydrogen-bond donors (Lipinski definition) is 2. The van der Waals surface area contributed by atoms with E-state index in [1.165, 1.54) is 83.1 Å². The minimum absolute atomic E-state index is 0.0419. The van der Waals surface area contributed by atoms with Gasteiger partial charge in [0.2, 0.25) is 0 Å². The van der Waals surface area contributed by atoms with Crippen molar-refractivity contribution in [3.8, 4) is 33.8 Å². The number of nitrogens with zero attached hydrogens (tertiary/aromatic N) is 1. The van der Waals surface area contributed by atoms with E-state index in [-0.39, 0.29) is 35.3 Å². The maximum atomic E-state index is 15.4. The van der Waals surface area contributed by atoms with Gasteiger partial charge >= 0.3 is 11.9 Å². The summed E-state index contributed by atoms with van der Waals surface area (Å²) in [5, 5.41) is 12.5. The number of rotatable bonds is 12. The van der Waals surface area contributed by atoms with E-state index in [2.05, 4.69) is 10.2 Å². The summed E-state index contributed by atoms with van der Waals surface area (Å²) < 4.78 is 47.1. The molecule has 2 atom stereocenters. The average molecular weight is 975 g/mol. The van der Waals surface area contributed by atoms with Crippen molar-refractivity contribution < 1.29 is 42.5 Å². The molecule has 6 fully saturated rings. The molecule has 4 saturated carbocycles. The van der Waals surface area contributed by atoms with Crippen LogP contribution in [0.4, 0.5) is 8.78 Å². The first-order chi connectivity index (χ1) is 34.5. The first-order valence-electron chi connectivity index (χ1n) is 26.9. The van der Waals surface area contributed by atoms with E-state index in [9.17, 15) is 23.9 Å². The van der Waals surface area contributed by atoms with Crippen molar-refractivity contribution in [3.63, 3.8) is 0 Å². The van der Waals surface area contributed by atoms with E-state index < -0.39 is 11.8 Å². The number of carbonyl (C=O) groups is 3. The van der Waals surface area contributed by atoms with Gasteiger partial charge in [0.25, 0.3) is 0 Å². The number of carboxylic acids is 1. The second-order valence-electron chi connectivity index (χ2n) is 21.4. The van der Waals surface area contributed by atoms with Crippen LogP contribution in [0.3, 0.4) is 0 Å². The molecule has 0 bridgehead atoms. The summed E-state index contributed by atoms with van der Waals surface area (Å²) in [5.74, 6) is -0.0434. The highest BCUT2D eigenvalue weighted by Crippen LogP contribution is 2.50. The summed E-state index contributed by atoms with van der Waals surface area (Å²) in [4.78, 5) is 35.5. The quantitative estimate of drug-likeness (QED) is 0.106. The molecule has 0 aromatic heterocycles. The third-order valence-corrected chi connectivity index (χ3v) is 16.7. The fraction of sp³-hybridized carbons (Fsp3) is 0.550. The third kappa shape index (κ3) is 13.9. The van der Waals surface area contributed by atoms with Crippen LogP contribution in [0.5, 0.6) is 11.5 Å². The predicted octanol–water partition coefficient (Wildman–Crippen LogP) is 13.4. The average Bonchev–Trinajstić information content (AvgIpc) is 4.07. The highest BCUT2D eigenvalue weighted by Gasteiger charge is 2.39. The largest absolute Gasteiger partial charge is 0.490 e. The van der Waals surface area contributed by atoms with Gasteiger partial charge in [-0.25, -0.2) is 8.78 Å². The zero-order valence-corrected chi connectivity index (χ0v) is 42.0. The van der Waals surface area contributed by atoms with Crippen molar-refractivity contribution in [1.82, 2.24) is 10.2 Å². The van der Waals surface area contributed by atoms with E-state index in [1.807, 2.05) is 67.6 Å². The highest BCUT2D eigenvalue weighted by atomic mass is 19.1. The van der Waals surface area contributed by atoms with Gasteiger partial charge < -0.3 is 24.6 Å². The van der Waals surface area contributed by atoms with Crippen LogP contribution < -0.4 is 14.8 Å². The Morgan fingerprint density at radius 2 is 1.18 bits per heavy atom. The lowest BCUT2D eigenvalue weighted by atomic mass is 9.72. The number of nitrogens with one attached hydrogen (secondary N) is 1. The number of halogens is 2. The summed E-state index contributed by atoms with van der Waals surface area (Å²) in [6.07, 6.45) is 25.6. The van der Waals surface area contributed by atoms with Crippen molar-refractivity contribution in [3.05, 3.63) is 108 Å². The summed E-state index contributed by atoms with van der Waals surface area (Å²) in [6.45, 7) is 5.89. The van der Waals surface area contributed by atoms with Crippen LogP contribution in [0.15, 0.2) is 84.9 Å². The second-order valence-corrected chi connectivity index (χ2v) is 21.4. The Hall–Kier alpha value is -5.13. The fourth-order valence-corrected chi connectivity index (χ4v) is 12.4. The number of likely N-dealkylation sites (tertiary alicyclic amines) is 1. The fourth-order valence-electron chi connectivity index (χ4n) is 12.4. The van der Waals surface area contributed by atoms with Crippen LogP contribution in [0, 0.1) is 34.3 Å². The Morgan fingerprint density at radius 3 is 1.68 bits per heavy atom. The lowest BCUT2D eigenvalue weighted by Gasteiger charge is -2.37. The Kier molecular flexibility index (Phi) is 18.4. The van der Waals surface area contributed by atoms with Gasteiger partial charge in [-0.1, -0.05) is 80.3 Å². The van der Waals surface area contributed by atoms with Gasteiger partial charge in [-0.2, -0.15) is 0 Å². The van der Waals surface area contributed by atoms with Crippen LogP contribution in [-0.4, -0.2) is 73.2 Å². The van der Waals surface area contributed by atoms with Crippen LogP contribution in [0.1, 0.15) is 151 Å². The molecule has 2 aliphatic heterocycles.